The molecule has 1 fully saturated rings. The number of hydrogen-bond acceptors (Lipinski definition) is 3. The Bertz CT molecular complexity index is 305. The predicted molar refractivity (Wildman–Crippen MR) is 55.6 cm³/mol. The highest BCUT2D eigenvalue weighted by atomic mass is 16.4. The normalized spacial score (nSPS) is 17.4. The summed E-state index contributed by atoms with van der Waals surface area (Å²) in [6, 6.07) is 0.952. The first kappa shape index (κ1) is 12.3. The SMILES string of the molecule is N#CCC(NC(=O)O)C(=O)NC1CCCC1. The van der Waals surface area contributed by atoms with Gasteiger partial charge < -0.3 is 15.7 Å². The third-order valence-corrected chi connectivity index (χ3v) is 2.61. The number of carboxylic acid groups (broad SMARTS) is 1. The summed E-state index contributed by atoms with van der Waals surface area (Å²) in [6.07, 6.45) is 2.59. The second kappa shape index (κ2) is 5.95. The molecule has 0 saturated heterocycles. The molecule has 1 saturated carbocycles. The van der Waals surface area contributed by atoms with E-state index in [-0.39, 0.29) is 12.5 Å². The molecular formula is C10H15N3O3. The summed E-state index contributed by atoms with van der Waals surface area (Å²) in [7, 11) is 0. The van der Waals surface area contributed by atoms with Gasteiger partial charge in [-0.3, -0.25) is 4.79 Å². The quantitative estimate of drug-likeness (QED) is 0.651. The van der Waals surface area contributed by atoms with Crippen molar-refractivity contribution in [2.75, 3.05) is 0 Å². The number of carbonyl (C=O) groups is 2. The van der Waals surface area contributed by atoms with Gasteiger partial charge in [0, 0.05) is 6.04 Å². The van der Waals surface area contributed by atoms with E-state index in [9.17, 15) is 9.59 Å². The first-order valence-corrected chi connectivity index (χ1v) is 5.30. The monoisotopic (exact) mass is 225 g/mol. The maximum absolute atomic E-state index is 11.6. The van der Waals surface area contributed by atoms with Crippen LogP contribution in [-0.4, -0.2) is 29.2 Å². The van der Waals surface area contributed by atoms with Crippen LogP contribution in [0, 0.1) is 11.3 Å². The summed E-state index contributed by atoms with van der Waals surface area (Å²) in [6.45, 7) is 0. The number of hydrogen-bond donors (Lipinski definition) is 3. The summed E-state index contributed by atoms with van der Waals surface area (Å²) in [4.78, 5) is 22.1. The van der Waals surface area contributed by atoms with E-state index >= 15 is 0 Å². The molecule has 0 radical (unpaired) electrons. The average Bonchev–Trinajstić information content (AvgIpc) is 2.69. The van der Waals surface area contributed by atoms with Crippen LogP contribution in [0.1, 0.15) is 32.1 Å². The number of rotatable bonds is 4. The molecule has 1 aliphatic rings. The summed E-state index contributed by atoms with van der Waals surface area (Å²) >= 11 is 0. The molecule has 0 heterocycles. The minimum Gasteiger partial charge on any atom is -0.465 e. The van der Waals surface area contributed by atoms with Crippen molar-refractivity contribution in [3.8, 4) is 6.07 Å². The van der Waals surface area contributed by atoms with Crippen LogP contribution >= 0.6 is 0 Å². The molecule has 0 aromatic rings. The molecule has 1 rings (SSSR count). The lowest BCUT2D eigenvalue weighted by atomic mass is 10.2. The van der Waals surface area contributed by atoms with Crippen molar-refractivity contribution >= 4 is 12.0 Å². The van der Waals surface area contributed by atoms with Gasteiger partial charge in [0.05, 0.1) is 12.5 Å². The molecule has 1 unspecified atom stereocenters. The number of carbonyl (C=O) groups excluding carboxylic acids is 1. The average molecular weight is 225 g/mol. The Morgan fingerprint density at radius 2 is 2.06 bits per heavy atom. The molecule has 1 atom stereocenters. The molecule has 3 N–H and O–H groups in total. The second-order valence-corrected chi connectivity index (χ2v) is 3.85. The highest BCUT2D eigenvalue weighted by Gasteiger charge is 2.24. The van der Waals surface area contributed by atoms with Crippen molar-refractivity contribution in [3.63, 3.8) is 0 Å². The van der Waals surface area contributed by atoms with E-state index in [1.807, 2.05) is 5.32 Å². The van der Waals surface area contributed by atoms with Gasteiger partial charge in [-0.2, -0.15) is 5.26 Å². The van der Waals surface area contributed by atoms with Crippen LogP contribution < -0.4 is 10.6 Å². The van der Waals surface area contributed by atoms with Crippen LogP contribution in [-0.2, 0) is 4.79 Å². The fraction of sp³-hybridized carbons (Fsp3) is 0.700. The molecule has 6 heteroatoms. The largest absolute Gasteiger partial charge is 0.465 e. The molecule has 16 heavy (non-hydrogen) atoms. The maximum Gasteiger partial charge on any atom is 0.405 e. The molecule has 0 spiro atoms. The van der Waals surface area contributed by atoms with E-state index < -0.39 is 18.0 Å². The molecule has 0 aliphatic heterocycles. The summed E-state index contributed by atoms with van der Waals surface area (Å²) < 4.78 is 0. The van der Waals surface area contributed by atoms with E-state index in [4.69, 9.17) is 10.4 Å². The molecule has 0 aromatic carbocycles. The van der Waals surface area contributed by atoms with Gasteiger partial charge in [-0.1, -0.05) is 12.8 Å². The summed E-state index contributed by atoms with van der Waals surface area (Å²) in [5, 5.41) is 21.8. The Kier molecular flexibility index (Phi) is 4.58. The third-order valence-electron chi connectivity index (χ3n) is 2.61. The van der Waals surface area contributed by atoms with E-state index in [0.29, 0.717) is 0 Å². The number of nitrogens with one attached hydrogen (secondary N) is 2. The topological polar surface area (TPSA) is 102 Å². The number of amides is 2. The van der Waals surface area contributed by atoms with Gasteiger partial charge in [0.2, 0.25) is 5.91 Å². The molecule has 0 aromatic heterocycles. The Balaban J connectivity index is 2.46. The zero-order valence-electron chi connectivity index (χ0n) is 8.90. The van der Waals surface area contributed by atoms with Gasteiger partial charge in [0.1, 0.15) is 6.04 Å². The Morgan fingerprint density at radius 3 is 2.56 bits per heavy atom. The molecule has 1 aliphatic carbocycles. The standard InChI is InChI=1S/C10H15N3O3/c11-6-5-8(13-10(15)16)9(14)12-7-3-1-2-4-7/h7-8,13H,1-5H2,(H,12,14)(H,15,16). The predicted octanol–water partition coefficient (Wildman–Crippen LogP) is 0.595. The van der Waals surface area contributed by atoms with Crippen molar-refractivity contribution in [2.45, 2.75) is 44.2 Å². The van der Waals surface area contributed by atoms with E-state index in [2.05, 4.69) is 5.32 Å². The van der Waals surface area contributed by atoms with Gasteiger partial charge >= 0.3 is 6.09 Å². The minimum absolute atomic E-state index is 0.129. The zero-order chi connectivity index (χ0) is 12.0. The summed E-state index contributed by atoms with van der Waals surface area (Å²) in [5.41, 5.74) is 0. The van der Waals surface area contributed by atoms with Crippen LogP contribution in [0.25, 0.3) is 0 Å². The highest BCUT2D eigenvalue weighted by molar-refractivity contribution is 5.85. The Labute approximate surface area is 93.6 Å². The molecular weight excluding hydrogens is 210 g/mol. The second-order valence-electron chi connectivity index (χ2n) is 3.85. The lowest BCUT2D eigenvalue weighted by Gasteiger charge is -2.17. The van der Waals surface area contributed by atoms with Gasteiger partial charge in [0.15, 0.2) is 0 Å². The first-order valence-electron chi connectivity index (χ1n) is 5.30. The van der Waals surface area contributed by atoms with Crippen LogP contribution in [0.2, 0.25) is 0 Å². The lowest BCUT2D eigenvalue weighted by Crippen LogP contribution is -2.48. The van der Waals surface area contributed by atoms with E-state index in [0.717, 1.165) is 25.7 Å². The van der Waals surface area contributed by atoms with E-state index in [1.54, 1.807) is 6.07 Å². The molecule has 88 valence electrons. The zero-order valence-corrected chi connectivity index (χ0v) is 8.90. The van der Waals surface area contributed by atoms with Crippen molar-refractivity contribution in [2.24, 2.45) is 0 Å². The summed E-state index contributed by atoms with van der Waals surface area (Å²) in [5.74, 6) is -0.407. The van der Waals surface area contributed by atoms with Crippen molar-refractivity contribution in [1.29, 1.82) is 5.26 Å². The fourth-order valence-electron chi connectivity index (χ4n) is 1.82. The Morgan fingerprint density at radius 1 is 1.44 bits per heavy atom. The third kappa shape index (κ3) is 3.77. The van der Waals surface area contributed by atoms with E-state index in [1.165, 1.54) is 0 Å². The Hall–Kier alpha value is -1.77. The first-order chi connectivity index (χ1) is 7.63. The van der Waals surface area contributed by atoms with Gasteiger partial charge in [0.25, 0.3) is 0 Å². The molecule has 0 bridgehead atoms. The van der Waals surface area contributed by atoms with Gasteiger partial charge in [-0.25, -0.2) is 4.79 Å². The van der Waals surface area contributed by atoms with Crippen LogP contribution in [0.5, 0.6) is 0 Å². The maximum atomic E-state index is 11.6. The van der Waals surface area contributed by atoms with Crippen molar-refractivity contribution < 1.29 is 14.7 Å². The van der Waals surface area contributed by atoms with Crippen molar-refractivity contribution in [1.82, 2.24) is 10.6 Å². The van der Waals surface area contributed by atoms with Crippen molar-refractivity contribution in [3.05, 3.63) is 0 Å². The minimum atomic E-state index is -1.29. The smallest absolute Gasteiger partial charge is 0.405 e. The van der Waals surface area contributed by atoms with Crippen LogP contribution in [0.4, 0.5) is 4.79 Å². The molecule has 6 nitrogen and oxygen atoms in total. The number of nitrogens with zero attached hydrogens (tertiary/aromatic N) is 1. The van der Waals surface area contributed by atoms with Gasteiger partial charge in [-0.15, -0.1) is 0 Å². The number of nitriles is 1. The van der Waals surface area contributed by atoms with Crippen LogP contribution in [0.3, 0.4) is 0 Å². The molecule has 2 amide bonds. The fourth-order valence-corrected chi connectivity index (χ4v) is 1.82. The lowest BCUT2D eigenvalue weighted by molar-refractivity contribution is -0.123. The highest BCUT2D eigenvalue weighted by Crippen LogP contribution is 2.17. The van der Waals surface area contributed by atoms with Gasteiger partial charge in [-0.05, 0) is 12.8 Å². The van der Waals surface area contributed by atoms with Crippen LogP contribution in [0.15, 0.2) is 0 Å².